The average Bonchev–Trinajstić information content (AvgIpc) is 2.94. The van der Waals surface area contributed by atoms with Gasteiger partial charge in [-0.15, -0.1) is 0 Å². The summed E-state index contributed by atoms with van der Waals surface area (Å²) in [6, 6.07) is 21.9. The third-order valence-electron chi connectivity index (χ3n) is 8.50. The first kappa shape index (κ1) is 28.2. The van der Waals surface area contributed by atoms with E-state index in [9.17, 15) is 9.90 Å². The number of benzene rings is 3. The summed E-state index contributed by atoms with van der Waals surface area (Å²) in [6.07, 6.45) is 2.55. The smallest absolute Gasteiger partial charge is 0.239 e. The van der Waals surface area contributed by atoms with Crippen LogP contribution < -0.4 is 11.1 Å². The van der Waals surface area contributed by atoms with Crippen LogP contribution in [0.15, 0.2) is 66.7 Å². The number of phenols is 1. The predicted octanol–water partition coefficient (Wildman–Crippen LogP) is 5.14. The highest BCUT2D eigenvalue weighted by Crippen LogP contribution is 2.45. The highest BCUT2D eigenvalue weighted by atomic mass is 16.3. The van der Waals surface area contributed by atoms with Crippen LogP contribution in [0.3, 0.4) is 0 Å². The van der Waals surface area contributed by atoms with E-state index in [0.717, 1.165) is 44.6 Å². The van der Waals surface area contributed by atoms with Gasteiger partial charge in [-0.3, -0.25) is 9.69 Å². The van der Waals surface area contributed by atoms with E-state index in [1.54, 1.807) is 12.1 Å². The van der Waals surface area contributed by atoms with E-state index >= 15 is 0 Å². The summed E-state index contributed by atoms with van der Waals surface area (Å²) >= 11 is 0. The van der Waals surface area contributed by atoms with Crippen molar-refractivity contribution in [1.82, 2.24) is 9.80 Å². The number of rotatable bonds is 7. The zero-order valence-electron chi connectivity index (χ0n) is 24.2. The van der Waals surface area contributed by atoms with Crippen molar-refractivity contribution in [2.75, 3.05) is 38.0 Å². The summed E-state index contributed by atoms with van der Waals surface area (Å²) < 4.78 is 0. The maximum absolute atomic E-state index is 13.1. The van der Waals surface area contributed by atoms with Gasteiger partial charge in [-0.25, -0.2) is 0 Å². The highest BCUT2D eigenvalue weighted by Gasteiger charge is 2.33. The summed E-state index contributed by atoms with van der Waals surface area (Å²) in [5.41, 5.74) is 14.3. The average molecular weight is 541 g/mol. The number of piperazine rings is 1. The molecular formula is C34H44N4O2. The predicted molar refractivity (Wildman–Crippen MR) is 163 cm³/mol. The van der Waals surface area contributed by atoms with Crippen LogP contribution in [0.1, 0.15) is 60.9 Å². The van der Waals surface area contributed by atoms with Crippen molar-refractivity contribution in [3.63, 3.8) is 0 Å². The standard InChI is InChI=1S/C34H44N4O2/c1-34(2,3)30-13-14-36-32-27(20-26(21-29(30)32)19-24-7-5-4-6-8-24)23-37-15-17-38(18-16-37)33(40)31(35)22-25-9-11-28(39)12-10-25/h4-12,20-21,30-31,36,39H,13-19,22-23,35H2,1-3H3/t30?,31-/m0/s1. The zero-order chi connectivity index (χ0) is 28.3. The number of aromatic hydroxyl groups is 1. The van der Waals surface area contributed by atoms with E-state index in [1.165, 1.54) is 27.9 Å². The molecule has 6 nitrogen and oxygen atoms in total. The topological polar surface area (TPSA) is 81.8 Å². The number of carbonyl (C=O) groups excluding carboxylic acids is 1. The van der Waals surface area contributed by atoms with Crippen molar-refractivity contribution in [2.45, 2.75) is 58.5 Å². The molecule has 1 saturated heterocycles. The Morgan fingerprint density at radius 3 is 2.35 bits per heavy atom. The number of hydrogen-bond donors (Lipinski definition) is 3. The van der Waals surface area contributed by atoms with Crippen molar-refractivity contribution in [1.29, 1.82) is 0 Å². The molecule has 1 unspecified atom stereocenters. The Bertz CT molecular complexity index is 1290. The molecule has 4 N–H and O–H groups in total. The SMILES string of the molecule is CC(C)(C)C1CCNc2c(CN3CCN(C(=O)[C@@H](N)Cc4ccc(O)cc4)CC3)cc(Cc3ccccc3)cc21. The number of nitrogens with one attached hydrogen (secondary N) is 1. The first-order valence-electron chi connectivity index (χ1n) is 14.7. The number of nitrogens with two attached hydrogens (primary N) is 1. The minimum atomic E-state index is -0.573. The van der Waals surface area contributed by atoms with Crippen LogP contribution >= 0.6 is 0 Å². The lowest BCUT2D eigenvalue weighted by atomic mass is 9.72. The number of hydrogen-bond acceptors (Lipinski definition) is 5. The van der Waals surface area contributed by atoms with Crippen LogP contribution in [0.5, 0.6) is 5.75 Å². The molecule has 3 aromatic rings. The number of carbonyl (C=O) groups is 1. The molecule has 1 fully saturated rings. The first-order valence-corrected chi connectivity index (χ1v) is 14.7. The maximum atomic E-state index is 13.1. The minimum absolute atomic E-state index is 0.00430. The lowest BCUT2D eigenvalue weighted by Gasteiger charge is -2.39. The molecule has 0 radical (unpaired) electrons. The molecule has 212 valence electrons. The fraction of sp³-hybridized carbons (Fsp3) is 0.441. The monoisotopic (exact) mass is 540 g/mol. The number of anilines is 1. The van der Waals surface area contributed by atoms with Crippen molar-refractivity contribution in [3.05, 3.63) is 94.5 Å². The van der Waals surface area contributed by atoms with Crippen LogP contribution in [0.2, 0.25) is 0 Å². The van der Waals surface area contributed by atoms with Gasteiger partial charge in [0.15, 0.2) is 0 Å². The second-order valence-electron chi connectivity index (χ2n) is 12.6. The van der Waals surface area contributed by atoms with Gasteiger partial charge >= 0.3 is 0 Å². The van der Waals surface area contributed by atoms with Gasteiger partial charge in [-0.05, 0) is 70.5 Å². The fourth-order valence-corrected chi connectivity index (χ4v) is 6.32. The molecule has 0 saturated carbocycles. The molecule has 5 rings (SSSR count). The van der Waals surface area contributed by atoms with Crippen LogP contribution in [-0.4, -0.2) is 59.6 Å². The highest BCUT2D eigenvalue weighted by molar-refractivity contribution is 5.82. The van der Waals surface area contributed by atoms with Gasteiger partial charge in [0.05, 0.1) is 6.04 Å². The van der Waals surface area contributed by atoms with E-state index in [1.807, 2.05) is 17.0 Å². The minimum Gasteiger partial charge on any atom is -0.508 e. The van der Waals surface area contributed by atoms with Crippen LogP contribution in [0, 0.1) is 5.41 Å². The normalized spacial score (nSPS) is 18.6. The number of nitrogens with zero attached hydrogens (tertiary/aromatic N) is 2. The summed E-state index contributed by atoms with van der Waals surface area (Å²) in [4.78, 5) is 17.5. The Balaban J connectivity index is 1.28. The molecule has 0 bridgehead atoms. The third kappa shape index (κ3) is 6.68. The molecule has 2 heterocycles. The van der Waals surface area contributed by atoms with Crippen molar-refractivity contribution < 1.29 is 9.90 Å². The van der Waals surface area contributed by atoms with Crippen molar-refractivity contribution in [2.24, 2.45) is 11.1 Å². The van der Waals surface area contributed by atoms with E-state index in [4.69, 9.17) is 5.73 Å². The van der Waals surface area contributed by atoms with Gasteiger partial charge in [0.25, 0.3) is 0 Å². The lowest BCUT2D eigenvalue weighted by molar-refractivity contribution is -0.134. The molecule has 6 heteroatoms. The van der Waals surface area contributed by atoms with Gasteiger partial charge in [0.1, 0.15) is 5.75 Å². The Labute approximate surface area is 239 Å². The van der Waals surface area contributed by atoms with E-state index < -0.39 is 6.04 Å². The first-order chi connectivity index (χ1) is 19.2. The van der Waals surface area contributed by atoms with Gasteiger partial charge in [0.2, 0.25) is 5.91 Å². The number of phenolic OH excluding ortho intramolecular Hbond substituents is 1. The van der Waals surface area contributed by atoms with Crippen LogP contribution in [0.25, 0.3) is 0 Å². The van der Waals surface area contributed by atoms with E-state index in [0.29, 0.717) is 25.4 Å². The number of amides is 1. The maximum Gasteiger partial charge on any atom is 0.239 e. The van der Waals surface area contributed by atoms with Gasteiger partial charge in [-0.2, -0.15) is 0 Å². The molecule has 0 aliphatic carbocycles. The third-order valence-corrected chi connectivity index (χ3v) is 8.50. The van der Waals surface area contributed by atoms with Crippen LogP contribution in [-0.2, 0) is 24.2 Å². The Morgan fingerprint density at radius 1 is 0.975 bits per heavy atom. The molecule has 2 aliphatic rings. The van der Waals surface area contributed by atoms with Crippen molar-refractivity contribution >= 4 is 11.6 Å². The molecule has 0 aromatic heterocycles. The quantitative estimate of drug-likeness (QED) is 0.387. The molecule has 2 atom stereocenters. The zero-order valence-corrected chi connectivity index (χ0v) is 24.2. The lowest BCUT2D eigenvalue weighted by Crippen LogP contribution is -2.53. The van der Waals surface area contributed by atoms with E-state index in [-0.39, 0.29) is 17.1 Å². The number of fused-ring (bicyclic) bond motifs is 1. The summed E-state index contributed by atoms with van der Waals surface area (Å²) in [6.45, 7) is 12.0. The molecular weight excluding hydrogens is 496 g/mol. The Hall–Kier alpha value is -3.35. The summed E-state index contributed by atoms with van der Waals surface area (Å²) in [5, 5.41) is 13.3. The Kier molecular flexibility index (Phi) is 8.48. The van der Waals surface area contributed by atoms with Gasteiger partial charge < -0.3 is 21.1 Å². The molecule has 1 amide bonds. The molecule has 3 aromatic carbocycles. The molecule has 0 spiro atoms. The molecule has 40 heavy (non-hydrogen) atoms. The summed E-state index contributed by atoms with van der Waals surface area (Å²) in [7, 11) is 0. The van der Waals surface area contributed by atoms with Gasteiger partial charge in [0, 0.05) is 45.0 Å². The van der Waals surface area contributed by atoms with Crippen LogP contribution in [0.4, 0.5) is 5.69 Å². The largest absolute Gasteiger partial charge is 0.508 e. The second kappa shape index (κ2) is 12.0. The molecule has 2 aliphatic heterocycles. The second-order valence-corrected chi connectivity index (χ2v) is 12.6. The Morgan fingerprint density at radius 2 is 1.68 bits per heavy atom. The van der Waals surface area contributed by atoms with E-state index in [2.05, 4.69) is 73.5 Å². The van der Waals surface area contributed by atoms with Crippen molar-refractivity contribution in [3.8, 4) is 5.75 Å². The van der Waals surface area contributed by atoms with Gasteiger partial charge in [-0.1, -0.05) is 75.4 Å². The fourth-order valence-electron chi connectivity index (χ4n) is 6.32. The summed E-state index contributed by atoms with van der Waals surface area (Å²) in [5.74, 6) is 0.739.